The Bertz CT molecular complexity index is 1240. The molecule has 0 N–H and O–H groups in total. The average Bonchev–Trinajstić information content (AvgIpc) is 3.40. The van der Waals surface area contributed by atoms with E-state index in [1.807, 2.05) is 27.7 Å². The quantitative estimate of drug-likeness (QED) is 0.463. The highest BCUT2D eigenvalue weighted by atomic mass is 19.2. The second-order valence-corrected chi connectivity index (χ2v) is 8.09. The lowest BCUT2D eigenvalue weighted by Gasteiger charge is -2.35. The number of amides is 1. The van der Waals surface area contributed by atoms with Crippen molar-refractivity contribution in [1.29, 1.82) is 0 Å². The highest BCUT2D eigenvalue weighted by molar-refractivity contribution is 5.97. The van der Waals surface area contributed by atoms with Gasteiger partial charge < -0.3 is 13.9 Å². The fourth-order valence-electron chi connectivity index (χ4n) is 4.26. The first-order chi connectivity index (χ1) is 15.6. The number of carbonyl (C=O) groups is 1. The van der Waals surface area contributed by atoms with Gasteiger partial charge in [0.2, 0.25) is 0 Å². The van der Waals surface area contributed by atoms with Crippen molar-refractivity contribution >= 4 is 17.0 Å². The molecule has 1 saturated heterocycles. The molecule has 1 aliphatic heterocycles. The summed E-state index contributed by atoms with van der Waals surface area (Å²) in [6.45, 7) is 3.95. The summed E-state index contributed by atoms with van der Waals surface area (Å²) in [5, 5.41) is 0. The van der Waals surface area contributed by atoms with Gasteiger partial charge in [-0.1, -0.05) is 36.4 Å². The first kappa shape index (κ1) is 20.5. The number of nitrogens with zero attached hydrogens (tertiary/aromatic N) is 3. The molecular formula is C25H23F2N3O2. The lowest BCUT2D eigenvalue weighted by molar-refractivity contribution is 0.0619. The largest absolute Gasteiger partial charge is 0.463 e. The Balaban J connectivity index is 1.33. The van der Waals surface area contributed by atoms with Crippen LogP contribution in [0.5, 0.6) is 0 Å². The topological polar surface area (TPSA) is 41.6 Å². The number of carbonyl (C=O) groups excluding carboxylic acids is 1. The molecule has 4 aromatic rings. The van der Waals surface area contributed by atoms with Crippen LogP contribution in [0.1, 0.15) is 21.6 Å². The summed E-state index contributed by atoms with van der Waals surface area (Å²) in [5.41, 5.74) is 3.66. The van der Waals surface area contributed by atoms with Gasteiger partial charge in [-0.25, -0.2) is 8.78 Å². The Labute approximate surface area is 184 Å². The van der Waals surface area contributed by atoms with Gasteiger partial charge in [0.05, 0.1) is 11.8 Å². The maximum absolute atomic E-state index is 13.7. The van der Waals surface area contributed by atoms with Crippen molar-refractivity contribution in [3.8, 4) is 0 Å². The molecule has 0 saturated carbocycles. The van der Waals surface area contributed by atoms with E-state index in [0.29, 0.717) is 29.9 Å². The van der Waals surface area contributed by atoms with Gasteiger partial charge in [0.25, 0.3) is 5.91 Å². The van der Waals surface area contributed by atoms with Gasteiger partial charge in [0.15, 0.2) is 17.2 Å². The van der Waals surface area contributed by atoms with Crippen molar-refractivity contribution in [2.75, 3.05) is 26.2 Å². The summed E-state index contributed by atoms with van der Waals surface area (Å²) in [6.07, 6.45) is 1.56. The number of fused-ring (bicyclic) bond motifs is 1. The predicted molar refractivity (Wildman–Crippen MR) is 117 cm³/mol. The van der Waals surface area contributed by atoms with Crippen molar-refractivity contribution in [3.63, 3.8) is 0 Å². The van der Waals surface area contributed by atoms with Crippen LogP contribution in [0.3, 0.4) is 0 Å². The van der Waals surface area contributed by atoms with E-state index in [-0.39, 0.29) is 12.5 Å². The van der Waals surface area contributed by atoms with E-state index in [4.69, 9.17) is 4.42 Å². The molecular weight excluding hydrogens is 412 g/mol. The van der Waals surface area contributed by atoms with Crippen LogP contribution in [-0.4, -0.2) is 46.5 Å². The van der Waals surface area contributed by atoms with Gasteiger partial charge in [-0.05, 0) is 23.3 Å². The number of hydrogen-bond acceptors (Lipinski definition) is 3. The molecule has 0 aliphatic carbocycles. The number of halogens is 2. The zero-order valence-electron chi connectivity index (χ0n) is 17.5. The van der Waals surface area contributed by atoms with Crippen LogP contribution >= 0.6 is 0 Å². The molecule has 7 heteroatoms. The van der Waals surface area contributed by atoms with E-state index < -0.39 is 11.6 Å². The molecule has 0 spiro atoms. The van der Waals surface area contributed by atoms with E-state index >= 15 is 0 Å². The third-order valence-electron chi connectivity index (χ3n) is 5.98. The van der Waals surface area contributed by atoms with Crippen molar-refractivity contribution in [3.05, 3.63) is 95.4 Å². The number of rotatable bonds is 5. The van der Waals surface area contributed by atoms with Crippen LogP contribution in [0.2, 0.25) is 0 Å². The normalized spacial score (nSPS) is 14.9. The molecule has 5 rings (SSSR count). The van der Waals surface area contributed by atoms with Crippen LogP contribution < -0.4 is 0 Å². The summed E-state index contributed by atoms with van der Waals surface area (Å²) in [4.78, 5) is 17.6. The molecule has 2 aromatic heterocycles. The van der Waals surface area contributed by atoms with Crippen LogP contribution in [0.15, 0.2) is 71.3 Å². The smallest absolute Gasteiger partial charge is 0.270 e. The van der Waals surface area contributed by atoms with E-state index in [0.717, 1.165) is 37.3 Å². The minimum Gasteiger partial charge on any atom is -0.463 e. The number of aromatic nitrogens is 1. The SMILES string of the molecule is O=C(c1cc2occc2n1Cc1ccc(F)c(F)c1)N1CCN(Cc2ccccc2)CC1. The summed E-state index contributed by atoms with van der Waals surface area (Å²) in [7, 11) is 0. The standard InChI is InChI=1S/C25H23F2N3O2/c26-20-7-6-19(14-21(20)27)17-30-22-8-13-32-24(22)15-23(30)25(31)29-11-9-28(10-12-29)16-18-4-2-1-3-5-18/h1-8,13-15H,9-12,16-17H2. The third kappa shape index (κ3) is 4.03. The van der Waals surface area contributed by atoms with Crippen molar-refractivity contribution in [1.82, 2.24) is 14.4 Å². The Morgan fingerprint density at radius 1 is 0.844 bits per heavy atom. The fourth-order valence-corrected chi connectivity index (χ4v) is 4.26. The lowest BCUT2D eigenvalue weighted by atomic mass is 10.2. The molecule has 3 heterocycles. The molecule has 0 bridgehead atoms. The highest BCUT2D eigenvalue weighted by Gasteiger charge is 2.26. The zero-order chi connectivity index (χ0) is 22.1. The highest BCUT2D eigenvalue weighted by Crippen LogP contribution is 2.24. The van der Waals surface area contributed by atoms with E-state index in [1.54, 1.807) is 18.4 Å². The Kier molecular flexibility index (Phi) is 5.49. The van der Waals surface area contributed by atoms with Gasteiger partial charge in [-0.3, -0.25) is 9.69 Å². The summed E-state index contributed by atoms with van der Waals surface area (Å²) in [5.74, 6) is -1.88. The second-order valence-electron chi connectivity index (χ2n) is 8.09. The van der Waals surface area contributed by atoms with Gasteiger partial charge in [-0.15, -0.1) is 0 Å². The Morgan fingerprint density at radius 3 is 2.38 bits per heavy atom. The number of piperazine rings is 1. The second kappa shape index (κ2) is 8.59. The van der Waals surface area contributed by atoms with Crippen molar-refractivity contribution in [2.24, 2.45) is 0 Å². The molecule has 1 amide bonds. The first-order valence-electron chi connectivity index (χ1n) is 10.6. The van der Waals surface area contributed by atoms with Gasteiger partial charge in [0, 0.05) is 51.4 Å². The molecule has 5 nitrogen and oxygen atoms in total. The summed E-state index contributed by atoms with van der Waals surface area (Å²) in [6, 6.07) is 17.6. The monoisotopic (exact) mass is 435 g/mol. The molecule has 32 heavy (non-hydrogen) atoms. The Morgan fingerprint density at radius 2 is 1.62 bits per heavy atom. The van der Waals surface area contributed by atoms with Crippen LogP contribution in [0.4, 0.5) is 8.78 Å². The van der Waals surface area contributed by atoms with Crippen LogP contribution in [-0.2, 0) is 13.1 Å². The van der Waals surface area contributed by atoms with Gasteiger partial charge >= 0.3 is 0 Å². The zero-order valence-corrected chi connectivity index (χ0v) is 17.5. The molecule has 164 valence electrons. The maximum Gasteiger partial charge on any atom is 0.270 e. The lowest BCUT2D eigenvalue weighted by Crippen LogP contribution is -2.48. The average molecular weight is 435 g/mol. The van der Waals surface area contributed by atoms with Crippen LogP contribution in [0.25, 0.3) is 11.1 Å². The molecule has 0 radical (unpaired) electrons. The summed E-state index contributed by atoms with van der Waals surface area (Å²) >= 11 is 0. The van der Waals surface area contributed by atoms with Gasteiger partial charge in [0.1, 0.15) is 5.69 Å². The molecule has 1 aliphatic rings. The van der Waals surface area contributed by atoms with Crippen LogP contribution in [0, 0.1) is 11.6 Å². The van der Waals surface area contributed by atoms with Gasteiger partial charge in [-0.2, -0.15) is 0 Å². The van der Waals surface area contributed by atoms with E-state index in [2.05, 4.69) is 17.0 Å². The molecule has 1 fully saturated rings. The van der Waals surface area contributed by atoms with E-state index in [9.17, 15) is 13.6 Å². The first-order valence-corrected chi connectivity index (χ1v) is 10.6. The third-order valence-corrected chi connectivity index (χ3v) is 5.98. The molecule has 0 unspecified atom stereocenters. The molecule has 0 atom stereocenters. The van der Waals surface area contributed by atoms with Crippen molar-refractivity contribution in [2.45, 2.75) is 13.1 Å². The molecule has 2 aromatic carbocycles. The van der Waals surface area contributed by atoms with Crippen molar-refractivity contribution < 1.29 is 18.0 Å². The minimum atomic E-state index is -0.902. The predicted octanol–water partition coefficient (Wildman–Crippen LogP) is 4.52. The number of furan rings is 1. The minimum absolute atomic E-state index is 0.0849. The van der Waals surface area contributed by atoms with E-state index in [1.165, 1.54) is 11.6 Å². The Hall–Kier alpha value is -3.45. The number of hydrogen-bond donors (Lipinski definition) is 0. The number of benzene rings is 2. The summed E-state index contributed by atoms with van der Waals surface area (Å²) < 4.78 is 34.4. The fraction of sp³-hybridized carbons (Fsp3) is 0.240. The maximum atomic E-state index is 13.7.